The molecule has 0 saturated carbocycles. The molecule has 0 bridgehead atoms. The summed E-state index contributed by atoms with van der Waals surface area (Å²) < 4.78 is 15.0. The van der Waals surface area contributed by atoms with Crippen LogP contribution in [-0.4, -0.2) is 43.2 Å². The largest absolute Gasteiger partial charge is 0.479 e. The second-order valence-electron chi connectivity index (χ2n) is 3.48. The van der Waals surface area contributed by atoms with Crippen LogP contribution in [0.25, 0.3) is 0 Å². The zero-order valence-corrected chi connectivity index (χ0v) is 9.56. The van der Waals surface area contributed by atoms with Crippen molar-refractivity contribution in [1.29, 1.82) is 0 Å². The molecule has 1 aliphatic rings. The number of carbonyl (C=O) groups excluding carboxylic acids is 2. The Bertz CT molecular complexity index is 312. The maximum atomic E-state index is 10.9. The molecular weight excluding hydrogens is 214 g/mol. The van der Waals surface area contributed by atoms with Gasteiger partial charge in [-0.25, -0.2) is 4.99 Å². The Kier molecular flexibility index (Phi) is 4.28. The lowest BCUT2D eigenvalue weighted by atomic mass is 10.2. The Labute approximate surface area is 93.6 Å². The molecule has 2 atom stereocenters. The highest BCUT2D eigenvalue weighted by molar-refractivity contribution is 5.75. The van der Waals surface area contributed by atoms with E-state index < -0.39 is 18.0 Å². The topological polar surface area (TPSA) is 74.2 Å². The Balaban J connectivity index is 2.56. The van der Waals surface area contributed by atoms with Crippen LogP contribution in [0.4, 0.5) is 0 Å². The van der Waals surface area contributed by atoms with Crippen LogP contribution in [0.1, 0.15) is 20.8 Å². The first-order chi connectivity index (χ1) is 7.49. The van der Waals surface area contributed by atoms with Gasteiger partial charge in [0.25, 0.3) is 0 Å². The predicted molar refractivity (Wildman–Crippen MR) is 55.0 cm³/mol. The molecule has 6 heteroatoms. The molecule has 90 valence electrons. The Hall–Kier alpha value is -1.59. The number of esters is 2. The molecule has 0 radical (unpaired) electrons. The molecule has 1 heterocycles. The summed E-state index contributed by atoms with van der Waals surface area (Å²) in [5.41, 5.74) is 0. The summed E-state index contributed by atoms with van der Waals surface area (Å²) in [6.45, 7) is 4.65. The van der Waals surface area contributed by atoms with E-state index in [4.69, 9.17) is 14.2 Å². The van der Waals surface area contributed by atoms with Gasteiger partial charge in [-0.2, -0.15) is 0 Å². The lowest BCUT2D eigenvalue weighted by Gasteiger charge is -2.19. The average molecular weight is 229 g/mol. The molecule has 0 aliphatic carbocycles. The van der Waals surface area contributed by atoms with Gasteiger partial charge in [0.05, 0.1) is 0 Å². The molecule has 1 aliphatic heterocycles. The molecule has 0 amide bonds. The van der Waals surface area contributed by atoms with E-state index in [9.17, 15) is 9.59 Å². The molecule has 0 saturated heterocycles. The first kappa shape index (κ1) is 12.5. The lowest BCUT2D eigenvalue weighted by Crippen LogP contribution is -2.35. The van der Waals surface area contributed by atoms with Crippen molar-refractivity contribution in [2.75, 3.05) is 13.2 Å². The van der Waals surface area contributed by atoms with Gasteiger partial charge in [-0.1, -0.05) is 0 Å². The van der Waals surface area contributed by atoms with E-state index in [1.165, 1.54) is 13.8 Å². The summed E-state index contributed by atoms with van der Waals surface area (Å²) in [5.74, 6) is -0.307. The summed E-state index contributed by atoms with van der Waals surface area (Å²) in [7, 11) is 0. The summed E-state index contributed by atoms with van der Waals surface area (Å²) in [6.07, 6.45) is -0.584. The predicted octanol–water partition coefficient (Wildman–Crippen LogP) is 0.298. The molecule has 0 aromatic carbocycles. The van der Waals surface area contributed by atoms with Crippen LogP contribution in [0.3, 0.4) is 0 Å². The number of hydrogen-bond acceptors (Lipinski definition) is 6. The van der Waals surface area contributed by atoms with Crippen molar-refractivity contribution < 1.29 is 23.8 Å². The summed E-state index contributed by atoms with van der Waals surface area (Å²) in [5, 5.41) is 0. The third kappa shape index (κ3) is 3.88. The van der Waals surface area contributed by atoms with Gasteiger partial charge in [-0.15, -0.1) is 0 Å². The van der Waals surface area contributed by atoms with Crippen molar-refractivity contribution in [3.63, 3.8) is 0 Å². The highest BCUT2D eigenvalue weighted by Gasteiger charge is 2.29. The summed E-state index contributed by atoms with van der Waals surface area (Å²) in [6, 6.07) is -0.303. The van der Waals surface area contributed by atoms with E-state index in [1.54, 1.807) is 6.92 Å². The van der Waals surface area contributed by atoms with Crippen LogP contribution in [0.15, 0.2) is 4.99 Å². The molecule has 0 aromatic rings. The molecule has 0 unspecified atom stereocenters. The van der Waals surface area contributed by atoms with Crippen molar-refractivity contribution >= 4 is 17.8 Å². The average Bonchev–Trinajstić information content (AvgIpc) is 2.58. The van der Waals surface area contributed by atoms with Crippen molar-refractivity contribution in [3.05, 3.63) is 0 Å². The molecule has 0 N–H and O–H groups in total. The third-order valence-electron chi connectivity index (χ3n) is 2.01. The highest BCUT2D eigenvalue weighted by Crippen LogP contribution is 2.12. The number of carbonyl (C=O) groups is 2. The smallest absolute Gasteiger partial charge is 0.303 e. The van der Waals surface area contributed by atoms with Gasteiger partial charge in [0.15, 0.2) is 12.0 Å². The second kappa shape index (κ2) is 5.48. The minimum absolute atomic E-state index is 0.000278. The van der Waals surface area contributed by atoms with Crippen molar-refractivity contribution in [1.82, 2.24) is 0 Å². The van der Waals surface area contributed by atoms with Gasteiger partial charge in [0.2, 0.25) is 0 Å². The van der Waals surface area contributed by atoms with E-state index in [0.717, 1.165) is 0 Å². The van der Waals surface area contributed by atoms with Gasteiger partial charge in [-0.05, 0) is 0 Å². The van der Waals surface area contributed by atoms with E-state index in [0.29, 0.717) is 12.5 Å². The van der Waals surface area contributed by atoms with Crippen molar-refractivity contribution in [2.24, 2.45) is 4.99 Å². The monoisotopic (exact) mass is 229 g/mol. The minimum atomic E-state index is -0.584. The van der Waals surface area contributed by atoms with E-state index >= 15 is 0 Å². The van der Waals surface area contributed by atoms with Gasteiger partial charge >= 0.3 is 11.9 Å². The lowest BCUT2D eigenvalue weighted by molar-refractivity contribution is -0.157. The van der Waals surface area contributed by atoms with E-state index in [-0.39, 0.29) is 12.6 Å². The van der Waals surface area contributed by atoms with E-state index in [1.807, 2.05) is 0 Å². The zero-order valence-electron chi connectivity index (χ0n) is 9.56. The summed E-state index contributed by atoms with van der Waals surface area (Å²) in [4.78, 5) is 25.7. The molecule has 0 aromatic heterocycles. The first-order valence-corrected chi connectivity index (χ1v) is 4.97. The van der Waals surface area contributed by atoms with Crippen LogP contribution in [0.5, 0.6) is 0 Å². The third-order valence-corrected chi connectivity index (χ3v) is 2.01. The molecule has 6 nitrogen and oxygen atoms in total. The van der Waals surface area contributed by atoms with Crippen LogP contribution in [0.2, 0.25) is 0 Å². The SMILES string of the molecule is CC(=O)OC[C@@H](OC(C)=O)[C@@H]1COC(C)=N1. The maximum Gasteiger partial charge on any atom is 0.303 e. The molecule has 0 fully saturated rings. The Morgan fingerprint density at radius 3 is 2.62 bits per heavy atom. The number of rotatable bonds is 4. The number of nitrogens with zero attached hydrogens (tertiary/aromatic N) is 1. The maximum absolute atomic E-state index is 10.9. The Morgan fingerprint density at radius 2 is 2.19 bits per heavy atom. The van der Waals surface area contributed by atoms with Crippen LogP contribution >= 0.6 is 0 Å². The quantitative estimate of drug-likeness (QED) is 0.648. The minimum Gasteiger partial charge on any atom is -0.479 e. The zero-order chi connectivity index (χ0) is 12.1. The first-order valence-electron chi connectivity index (χ1n) is 4.97. The fraction of sp³-hybridized carbons (Fsp3) is 0.700. The number of ether oxygens (including phenoxy) is 3. The summed E-state index contributed by atoms with van der Waals surface area (Å²) >= 11 is 0. The number of hydrogen-bond donors (Lipinski definition) is 0. The van der Waals surface area contributed by atoms with Gasteiger partial charge in [0.1, 0.15) is 19.3 Å². The number of aliphatic imine (C=N–C) groups is 1. The molecule has 16 heavy (non-hydrogen) atoms. The molecular formula is C10H15NO5. The van der Waals surface area contributed by atoms with Crippen molar-refractivity contribution in [3.8, 4) is 0 Å². The molecule has 0 spiro atoms. The van der Waals surface area contributed by atoms with Gasteiger partial charge in [-0.3, -0.25) is 9.59 Å². The van der Waals surface area contributed by atoms with Crippen molar-refractivity contribution in [2.45, 2.75) is 32.9 Å². The van der Waals surface area contributed by atoms with Gasteiger partial charge < -0.3 is 14.2 Å². The van der Waals surface area contributed by atoms with Crippen LogP contribution in [0, 0.1) is 0 Å². The Morgan fingerprint density at radius 1 is 1.50 bits per heavy atom. The van der Waals surface area contributed by atoms with Gasteiger partial charge in [0, 0.05) is 20.8 Å². The normalized spacial score (nSPS) is 20.7. The van der Waals surface area contributed by atoms with Crippen LogP contribution < -0.4 is 0 Å². The fourth-order valence-electron chi connectivity index (χ4n) is 1.34. The second-order valence-corrected chi connectivity index (χ2v) is 3.48. The van der Waals surface area contributed by atoms with Crippen LogP contribution in [-0.2, 0) is 23.8 Å². The fourth-order valence-corrected chi connectivity index (χ4v) is 1.34. The standard InChI is InChI=1S/C10H15NO5/c1-6-11-9(4-14-6)10(16-8(3)13)5-15-7(2)12/h9-10H,4-5H2,1-3H3/t9-,10+/m0/s1. The van der Waals surface area contributed by atoms with E-state index in [2.05, 4.69) is 4.99 Å². The highest BCUT2D eigenvalue weighted by atomic mass is 16.6. The molecule has 1 rings (SSSR count).